The van der Waals surface area contributed by atoms with Crippen molar-refractivity contribution in [2.24, 2.45) is 0 Å². The molecule has 1 aromatic heterocycles. The van der Waals surface area contributed by atoms with Crippen molar-refractivity contribution in [1.29, 1.82) is 0 Å². The SMILES string of the molecule is O=C(Nc1ccn[nH]1)c1cccc(NS(=O)(=O)c2ccccc2)c1. The van der Waals surface area contributed by atoms with E-state index in [1.165, 1.54) is 24.4 Å². The molecule has 0 spiro atoms. The number of amides is 1. The van der Waals surface area contributed by atoms with Gasteiger partial charge in [0.1, 0.15) is 5.82 Å². The summed E-state index contributed by atoms with van der Waals surface area (Å²) in [7, 11) is -3.70. The molecule has 0 aliphatic carbocycles. The number of rotatable bonds is 5. The molecule has 122 valence electrons. The predicted molar refractivity (Wildman–Crippen MR) is 90.2 cm³/mol. The molecule has 3 N–H and O–H groups in total. The molecule has 2 aromatic carbocycles. The highest BCUT2D eigenvalue weighted by Crippen LogP contribution is 2.17. The first-order valence-electron chi connectivity index (χ1n) is 7.03. The summed E-state index contributed by atoms with van der Waals surface area (Å²) in [4.78, 5) is 12.3. The molecule has 1 amide bonds. The van der Waals surface area contributed by atoms with Gasteiger partial charge >= 0.3 is 0 Å². The quantitative estimate of drug-likeness (QED) is 0.662. The Morgan fingerprint density at radius 1 is 1.00 bits per heavy atom. The summed E-state index contributed by atoms with van der Waals surface area (Å²) in [6.07, 6.45) is 1.51. The highest BCUT2D eigenvalue weighted by Gasteiger charge is 2.14. The highest BCUT2D eigenvalue weighted by atomic mass is 32.2. The van der Waals surface area contributed by atoms with Crippen molar-refractivity contribution in [2.45, 2.75) is 4.90 Å². The number of H-pyrrole nitrogens is 1. The van der Waals surface area contributed by atoms with E-state index >= 15 is 0 Å². The molecule has 1 heterocycles. The number of sulfonamides is 1. The molecule has 0 atom stereocenters. The van der Waals surface area contributed by atoms with E-state index in [0.29, 0.717) is 17.1 Å². The Morgan fingerprint density at radius 3 is 2.50 bits per heavy atom. The van der Waals surface area contributed by atoms with Crippen LogP contribution in [0.4, 0.5) is 11.5 Å². The van der Waals surface area contributed by atoms with Crippen molar-refractivity contribution in [1.82, 2.24) is 10.2 Å². The molecule has 0 aliphatic heterocycles. The molecule has 24 heavy (non-hydrogen) atoms. The number of anilines is 2. The van der Waals surface area contributed by atoms with Gasteiger partial charge in [0.25, 0.3) is 15.9 Å². The third kappa shape index (κ3) is 3.61. The molecular formula is C16H14N4O3S. The number of nitrogens with one attached hydrogen (secondary N) is 3. The van der Waals surface area contributed by atoms with E-state index in [0.717, 1.165) is 0 Å². The lowest BCUT2D eigenvalue weighted by Gasteiger charge is -2.09. The van der Waals surface area contributed by atoms with Crippen LogP contribution in [0.3, 0.4) is 0 Å². The first-order valence-corrected chi connectivity index (χ1v) is 8.51. The summed E-state index contributed by atoms with van der Waals surface area (Å²) in [5, 5.41) is 8.98. The van der Waals surface area contributed by atoms with Crippen LogP contribution < -0.4 is 10.0 Å². The van der Waals surface area contributed by atoms with Crippen molar-refractivity contribution in [3.8, 4) is 0 Å². The van der Waals surface area contributed by atoms with E-state index in [-0.39, 0.29) is 10.8 Å². The van der Waals surface area contributed by atoms with Gasteiger partial charge in [0.15, 0.2) is 0 Å². The molecule has 0 radical (unpaired) electrons. The lowest BCUT2D eigenvalue weighted by Crippen LogP contribution is -2.15. The van der Waals surface area contributed by atoms with E-state index in [1.54, 1.807) is 42.5 Å². The number of benzene rings is 2. The van der Waals surface area contributed by atoms with Crippen LogP contribution in [0, 0.1) is 0 Å². The second kappa shape index (κ2) is 6.55. The van der Waals surface area contributed by atoms with Gasteiger partial charge in [-0.05, 0) is 30.3 Å². The summed E-state index contributed by atoms with van der Waals surface area (Å²) in [5.41, 5.74) is 0.619. The molecule has 7 nitrogen and oxygen atoms in total. The summed E-state index contributed by atoms with van der Waals surface area (Å²) < 4.78 is 27.1. The van der Waals surface area contributed by atoms with E-state index < -0.39 is 10.0 Å². The summed E-state index contributed by atoms with van der Waals surface area (Å²) >= 11 is 0. The first-order chi connectivity index (χ1) is 11.5. The summed E-state index contributed by atoms with van der Waals surface area (Å²) in [6.45, 7) is 0. The molecule has 0 bridgehead atoms. The summed E-state index contributed by atoms with van der Waals surface area (Å²) in [5.74, 6) is 0.0790. The van der Waals surface area contributed by atoms with Crippen LogP contribution in [0.25, 0.3) is 0 Å². The lowest BCUT2D eigenvalue weighted by atomic mass is 10.2. The zero-order valence-electron chi connectivity index (χ0n) is 12.4. The number of carbonyl (C=O) groups is 1. The Labute approximate surface area is 138 Å². The van der Waals surface area contributed by atoms with E-state index in [4.69, 9.17) is 0 Å². The number of hydrogen-bond acceptors (Lipinski definition) is 4. The van der Waals surface area contributed by atoms with E-state index in [9.17, 15) is 13.2 Å². The Hall–Kier alpha value is -3.13. The lowest BCUT2D eigenvalue weighted by molar-refractivity contribution is 0.102. The van der Waals surface area contributed by atoms with Gasteiger partial charge in [-0.1, -0.05) is 24.3 Å². The highest BCUT2D eigenvalue weighted by molar-refractivity contribution is 7.92. The first kappa shape index (κ1) is 15.8. The average molecular weight is 342 g/mol. The third-order valence-electron chi connectivity index (χ3n) is 3.18. The van der Waals surface area contributed by atoms with Gasteiger partial charge in [-0.15, -0.1) is 0 Å². The number of aromatic amines is 1. The minimum Gasteiger partial charge on any atom is -0.307 e. The van der Waals surface area contributed by atoms with Crippen molar-refractivity contribution < 1.29 is 13.2 Å². The molecule has 0 aliphatic rings. The van der Waals surface area contributed by atoms with Crippen LogP contribution in [0.5, 0.6) is 0 Å². The van der Waals surface area contributed by atoms with Gasteiger partial charge in [-0.2, -0.15) is 5.10 Å². The molecular weight excluding hydrogens is 328 g/mol. The minimum atomic E-state index is -3.70. The maximum Gasteiger partial charge on any atom is 0.261 e. The van der Waals surface area contributed by atoms with Crippen LogP contribution in [0.2, 0.25) is 0 Å². The molecule has 3 rings (SSSR count). The molecule has 0 saturated heterocycles. The minimum absolute atomic E-state index is 0.150. The fourth-order valence-electron chi connectivity index (χ4n) is 2.06. The Morgan fingerprint density at radius 2 is 1.79 bits per heavy atom. The average Bonchev–Trinajstić information content (AvgIpc) is 3.08. The number of carbonyl (C=O) groups excluding carboxylic acids is 1. The normalized spacial score (nSPS) is 11.0. The zero-order valence-corrected chi connectivity index (χ0v) is 13.2. The second-order valence-corrected chi connectivity index (χ2v) is 6.61. The van der Waals surface area contributed by atoms with Crippen LogP contribution >= 0.6 is 0 Å². The van der Waals surface area contributed by atoms with E-state index in [1.807, 2.05) is 0 Å². The van der Waals surface area contributed by atoms with Gasteiger partial charge < -0.3 is 5.32 Å². The number of nitrogens with zero attached hydrogens (tertiary/aromatic N) is 1. The topological polar surface area (TPSA) is 104 Å². The van der Waals surface area contributed by atoms with Gasteiger partial charge in [0.2, 0.25) is 0 Å². The predicted octanol–water partition coefficient (Wildman–Crippen LogP) is 2.46. The van der Waals surface area contributed by atoms with Gasteiger partial charge in [-0.25, -0.2) is 8.42 Å². The van der Waals surface area contributed by atoms with Gasteiger partial charge in [0.05, 0.1) is 11.1 Å². The smallest absolute Gasteiger partial charge is 0.261 e. The van der Waals surface area contributed by atoms with Crippen molar-refractivity contribution in [3.05, 3.63) is 72.4 Å². The monoisotopic (exact) mass is 342 g/mol. The van der Waals surface area contributed by atoms with Crippen molar-refractivity contribution in [3.63, 3.8) is 0 Å². The largest absolute Gasteiger partial charge is 0.307 e. The van der Waals surface area contributed by atoms with E-state index in [2.05, 4.69) is 20.2 Å². The van der Waals surface area contributed by atoms with Gasteiger partial charge in [0, 0.05) is 17.3 Å². The maximum atomic E-state index is 12.3. The number of aromatic nitrogens is 2. The second-order valence-electron chi connectivity index (χ2n) is 4.92. The Balaban J connectivity index is 1.79. The Kier molecular flexibility index (Phi) is 4.30. The van der Waals surface area contributed by atoms with Crippen molar-refractivity contribution >= 4 is 27.4 Å². The Bertz CT molecular complexity index is 938. The van der Waals surface area contributed by atoms with Gasteiger partial charge in [-0.3, -0.25) is 14.6 Å². The molecule has 8 heteroatoms. The fourth-order valence-corrected chi connectivity index (χ4v) is 3.13. The fraction of sp³-hybridized carbons (Fsp3) is 0. The van der Waals surface area contributed by atoms with Crippen molar-refractivity contribution in [2.75, 3.05) is 10.0 Å². The third-order valence-corrected chi connectivity index (χ3v) is 4.58. The zero-order chi connectivity index (χ0) is 17.0. The summed E-state index contributed by atoms with van der Waals surface area (Å²) in [6, 6.07) is 15.9. The van der Waals surface area contributed by atoms with Crippen LogP contribution in [-0.4, -0.2) is 24.5 Å². The standard InChI is InChI=1S/C16H14N4O3S/c21-16(18-15-9-10-17-19-15)12-5-4-6-13(11-12)20-24(22,23)14-7-2-1-3-8-14/h1-11,20H,(H2,17,18,19,21). The molecule has 0 fully saturated rings. The molecule has 0 unspecified atom stereocenters. The maximum absolute atomic E-state index is 12.3. The number of hydrogen-bond donors (Lipinski definition) is 3. The van der Waals surface area contributed by atoms with Crippen LogP contribution in [-0.2, 0) is 10.0 Å². The van der Waals surface area contributed by atoms with Crippen LogP contribution in [0.15, 0.2) is 71.8 Å². The molecule has 0 saturated carbocycles. The molecule has 3 aromatic rings. The van der Waals surface area contributed by atoms with Crippen LogP contribution in [0.1, 0.15) is 10.4 Å².